The van der Waals surface area contributed by atoms with E-state index in [-0.39, 0.29) is 35.9 Å². The number of rotatable bonds is 7. The molecule has 39 heavy (non-hydrogen) atoms. The first-order chi connectivity index (χ1) is 18.6. The maximum absolute atomic E-state index is 14.4. The number of likely N-dealkylation sites (N-methyl/N-ethyl adjacent to an activating group) is 1. The molecule has 1 aromatic heterocycles. The number of aliphatic carboxylic acids is 1. The van der Waals surface area contributed by atoms with Gasteiger partial charge in [-0.3, -0.25) is 4.79 Å². The predicted molar refractivity (Wildman–Crippen MR) is 143 cm³/mol. The smallest absolute Gasteiger partial charge is 0.304 e. The summed E-state index contributed by atoms with van der Waals surface area (Å²) in [5, 5.41) is 13.0. The topological polar surface area (TPSA) is 90.8 Å². The largest absolute Gasteiger partial charge is 0.488 e. The lowest BCUT2D eigenvalue weighted by Crippen LogP contribution is -2.31. The average Bonchev–Trinajstić information content (AvgIpc) is 3.65. The Morgan fingerprint density at radius 2 is 2.00 bits per heavy atom. The molecule has 2 aliphatic heterocycles. The number of carbonyl (C=O) groups is 1. The normalized spacial score (nSPS) is 20.5. The van der Waals surface area contributed by atoms with Gasteiger partial charge in [0, 0.05) is 36.8 Å². The third-order valence-electron chi connectivity index (χ3n) is 7.58. The summed E-state index contributed by atoms with van der Waals surface area (Å²) in [5.74, 6) is -1.88. The van der Waals surface area contributed by atoms with E-state index in [0.29, 0.717) is 11.3 Å². The number of halogens is 3. The summed E-state index contributed by atoms with van der Waals surface area (Å²) in [4.78, 5) is 24.6. The van der Waals surface area contributed by atoms with Crippen LogP contribution in [-0.4, -0.2) is 52.2 Å². The first-order valence-corrected chi connectivity index (χ1v) is 13.3. The van der Waals surface area contributed by atoms with E-state index < -0.39 is 23.0 Å². The van der Waals surface area contributed by atoms with Crippen molar-refractivity contribution in [3.63, 3.8) is 0 Å². The molecule has 1 fully saturated rings. The van der Waals surface area contributed by atoms with Crippen molar-refractivity contribution in [1.82, 2.24) is 14.9 Å². The van der Waals surface area contributed by atoms with Gasteiger partial charge in [-0.1, -0.05) is 18.5 Å². The van der Waals surface area contributed by atoms with E-state index in [0.717, 1.165) is 55.9 Å². The summed E-state index contributed by atoms with van der Waals surface area (Å²) >= 11 is 6.53. The Balaban J connectivity index is 1.38. The maximum atomic E-state index is 14.4. The highest BCUT2D eigenvalue weighted by Crippen LogP contribution is 2.48. The predicted octanol–water partition coefficient (Wildman–Crippen LogP) is 5.57. The van der Waals surface area contributed by atoms with Crippen molar-refractivity contribution in [3.8, 4) is 5.75 Å². The van der Waals surface area contributed by atoms with Crippen molar-refractivity contribution in [3.05, 3.63) is 63.8 Å². The van der Waals surface area contributed by atoms with Crippen LogP contribution >= 0.6 is 11.6 Å². The number of aromatic nitrogens is 2. The minimum absolute atomic E-state index is 0.120. The van der Waals surface area contributed by atoms with Gasteiger partial charge in [-0.15, -0.1) is 0 Å². The van der Waals surface area contributed by atoms with Gasteiger partial charge in [0.15, 0.2) is 17.5 Å². The van der Waals surface area contributed by atoms with Crippen LogP contribution in [0.2, 0.25) is 5.02 Å². The molecule has 0 saturated heterocycles. The first-order valence-electron chi connectivity index (χ1n) is 12.9. The molecule has 1 aliphatic carbocycles. The molecular weight excluding hydrogens is 528 g/mol. The molecule has 3 aliphatic rings. The van der Waals surface area contributed by atoms with Crippen molar-refractivity contribution in [2.75, 3.05) is 30.4 Å². The van der Waals surface area contributed by atoms with Gasteiger partial charge in [-0.05, 0) is 61.2 Å². The molecule has 0 amide bonds. The second-order valence-electron chi connectivity index (χ2n) is 10.9. The number of fused-ring (bicyclic) bond motifs is 2. The fourth-order valence-electron chi connectivity index (χ4n) is 5.45. The zero-order chi connectivity index (χ0) is 27.5. The number of hydrogen-bond acceptors (Lipinski definition) is 7. The van der Waals surface area contributed by atoms with Crippen molar-refractivity contribution < 1.29 is 23.4 Å². The average molecular weight is 556 g/mol. The van der Waals surface area contributed by atoms with Gasteiger partial charge in [0.25, 0.3) is 0 Å². The molecule has 8 nitrogen and oxygen atoms in total. The second kappa shape index (κ2) is 9.60. The Morgan fingerprint density at radius 3 is 2.74 bits per heavy atom. The molecule has 11 heteroatoms. The standard InChI is InChI=1S/C28H28ClF2N5O3/c1-28(11-25(37)38)14-36(23-10-21(31)20(30)9-18(23)28)26-19(29)12-32-27(34-26)33-22-7-16-13-35(2)6-5-15(16)8-24(22)39-17-3-4-17/h7-10,12,17H,3-6,11,13-14H2,1-2H3,(H,37,38)(H,32,33,34). The highest BCUT2D eigenvalue weighted by atomic mass is 35.5. The van der Waals surface area contributed by atoms with E-state index in [2.05, 4.69) is 39.4 Å². The number of benzene rings is 2. The third-order valence-corrected chi connectivity index (χ3v) is 7.85. The van der Waals surface area contributed by atoms with Gasteiger partial charge < -0.3 is 25.0 Å². The minimum Gasteiger partial charge on any atom is -0.488 e. The Hall–Kier alpha value is -3.50. The van der Waals surface area contributed by atoms with Gasteiger partial charge in [0.1, 0.15) is 10.8 Å². The molecule has 3 heterocycles. The molecule has 3 aromatic rings. The van der Waals surface area contributed by atoms with E-state index in [1.54, 1.807) is 11.8 Å². The number of nitrogens with zero attached hydrogens (tertiary/aromatic N) is 4. The van der Waals surface area contributed by atoms with E-state index in [1.165, 1.54) is 17.3 Å². The SMILES string of the molecule is CN1CCc2cc(OC3CC3)c(Nc3ncc(Cl)c(N4CC(C)(CC(=O)O)c5cc(F)c(F)cc54)n3)cc2C1. The zero-order valence-electron chi connectivity index (χ0n) is 21.6. The molecule has 2 aromatic carbocycles. The van der Waals surface area contributed by atoms with Crippen LogP contribution in [0.1, 0.15) is 42.9 Å². The fraction of sp³-hybridized carbons (Fsp3) is 0.393. The number of nitrogens with one attached hydrogen (secondary N) is 1. The summed E-state index contributed by atoms with van der Waals surface area (Å²) in [7, 11) is 2.08. The Kier molecular flexibility index (Phi) is 6.34. The van der Waals surface area contributed by atoms with E-state index in [1.807, 2.05) is 0 Å². The number of hydrogen-bond donors (Lipinski definition) is 2. The van der Waals surface area contributed by atoms with E-state index in [9.17, 15) is 18.7 Å². The van der Waals surface area contributed by atoms with Crippen LogP contribution in [0, 0.1) is 11.6 Å². The number of carboxylic acid groups (broad SMARTS) is 1. The van der Waals surface area contributed by atoms with Crippen molar-refractivity contribution in [2.45, 2.75) is 50.7 Å². The number of ether oxygens (including phenoxy) is 1. The van der Waals surface area contributed by atoms with E-state index >= 15 is 0 Å². The fourth-order valence-corrected chi connectivity index (χ4v) is 5.65. The van der Waals surface area contributed by atoms with Gasteiger partial charge in [0.05, 0.1) is 24.4 Å². The monoisotopic (exact) mass is 555 g/mol. The Morgan fingerprint density at radius 1 is 1.23 bits per heavy atom. The highest BCUT2D eigenvalue weighted by Gasteiger charge is 2.43. The summed E-state index contributed by atoms with van der Waals surface area (Å²) in [5.41, 5.74) is 2.89. The quantitative estimate of drug-likeness (QED) is 0.391. The first kappa shape index (κ1) is 25.8. The van der Waals surface area contributed by atoms with Crippen LogP contribution < -0.4 is 15.0 Å². The summed E-state index contributed by atoms with van der Waals surface area (Å²) in [6, 6.07) is 6.27. The van der Waals surface area contributed by atoms with Crippen LogP contribution in [0.5, 0.6) is 5.75 Å². The highest BCUT2D eigenvalue weighted by molar-refractivity contribution is 6.33. The second-order valence-corrected chi connectivity index (χ2v) is 11.3. The molecule has 0 spiro atoms. The molecular formula is C28H28ClF2N5O3. The summed E-state index contributed by atoms with van der Waals surface area (Å²) < 4.78 is 34.8. The van der Waals surface area contributed by atoms with E-state index in [4.69, 9.17) is 16.3 Å². The lowest BCUT2D eigenvalue weighted by Gasteiger charge is -2.27. The lowest BCUT2D eigenvalue weighted by molar-refractivity contribution is -0.138. The van der Waals surface area contributed by atoms with Gasteiger partial charge >= 0.3 is 5.97 Å². The Labute approximate surface area is 229 Å². The van der Waals surface area contributed by atoms with Crippen LogP contribution in [0.3, 0.4) is 0 Å². The molecule has 0 radical (unpaired) electrons. The van der Waals surface area contributed by atoms with Gasteiger partial charge in [0.2, 0.25) is 5.95 Å². The number of carboxylic acids is 1. The zero-order valence-corrected chi connectivity index (χ0v) is 22.4. The molecule has 6 rings (SSSR count). The van der Waals surface area contributed by atoms with Gasteiger partial charge in [-0.25, -0.2) is 13.8 Å². The van der Waals surface area contributed by atoms with Crippen molar-refractivity contribution >= 4 is 40.7 Å². The van der Waals surface area contributed by atoms with Crippen molar-refractivity contribution in [1.29, 1.82) is 0 Å². The minimum atomic E-state index is -1.05. The van der Waals surface area contributed by atoms with Gasteiger partial charge in [-0.2, -0.15) is 4.98 Å². The van der Waals surface area contributed by atoms with Crippen molar-refractivity contribution in [2.24, 2.45) is 0 Å². The Bertz CT molecular complexity index is 1480. The molecule has 2 N–H and O–H groups in total. The van der Waals surface area contributed by atoms with Crippen LogP contribution in [-0.2, 0) is 23.2 Å². The molecule has 1 unspecified atom stereocenters. The summed E-state index contributed by atoms with van der Waals surface area (Å²) in [6.45, 7) is 3.62. The molecule has 204 valence electrons. The third kappa shape index (κ3) is 4.98. The maximum Gasteiger partial charge on any atom is 0.304 e. The summed E-state index contributed by atoms with van der Waals surface area (Å²) in [6.07, 6.45) is 4.32. The number of anilines is 4. The molecule has 1 atom stereocenters. The van der Waals surface area contributed by atoms with Crippen LogP contribution in [0.4, 0.5) is 31.9 Å². The molecule has 1 saturated carbocycles. The van der Waals surface area contributed by atoms with Crippen LogP contribution in [0.15, 0.2) is 30.5 Å². The lowest BCUT2D eigenvalue weighted by atomic mass is 9.81. The molecule has 0 bridgehead atoms. The van der Waals surface area contributed by atoms with Crippen LogP contribution in [0.25, 0.3) is 0 Å².